The minimum atomic E-state index is -0.998. The normalized spacial score (nSPS) is 21.2. The Hall–Kier alpha value is -4.13. The zero-order valence-corrected chi connectivity index (χ0v) is 18.1. The molecule has 0 radical (unpaired) electrons. The third-order valence-corrected chi connectivity index (χ3v) is 5.97. The average Bonchev–Trinajstić information content (AvgIpc) is 3.31. The molecule has 0 aliphatic carbocycles. The van der Waals surface area contributed by atoms with Gasteiger partial charge in [-0.05, 0) is 67.4 Å². The van der Waals surface area contributed by atoms with Gasteiger partial charge in [0.2, 0.25) is 0 Å². The molecular formula is C26H22N2O5. The third kappa shape index (κ3) is 3.42. The molecule has 3 aromatic rings. The van der Waals surface area contributed by atoms with E-state index in [1.54, 1.807) is 54.7 Å². The van der Waals surface area contributed by atoms with E-state index in [-0.39, 0.29) is 28.9 Å². The Morgan fingerprint density at radius 3 is 2.70 bits per heavy atom. The topological polar surface area (TPSA) is 100.0 Å². The van der Waals surface area contributed by atoms with E-state index in [4.69, 9.17) is 4.74 Å². The fourth-order valence-electron chi connectivity index (χ4n) is 4.45. The summed E-state index contributed by atoms with van der Waals surface area (Å²) in [5, 5.41) is 21.8. The summed E-state index contributed by atoms with van der Waals surface area (Å²) in [4.78, 5) is 32.0. The zero-order valence-electron chi connectivity index (χ0n) is 18.1. The molecule has 0 spiro atoms. The highest BCUT2D eigenvalue weighted by Gasteiger charge is 2.48. The molecule has 7 nitrogen and oxygen atoms in total. The Morgan fingerprint density at radius 2 is 1.94 bits per heavy atom. The maximum Gasteiger partial charge on any atom is 0.300 e. The number of anilines is 1. The van der Waals surface area contributed by atoms with Gasteiger partial charge >= 0.3 is 0 Å². The van der Waals surface area contributed by atoms with E-state index in [9.17, 15) is 19.8 Å². The quantitative estimate of drug-likeness (QED) is 0.361. The molecule has 1 saturated heterocycles. The van der Waals surface area contributed by atoms with Gasteiger partial charge in [0.15, 0.2) is 0 Å². The number of aryl methyl sites for hydroxylation is 1. The number of ether oxygens (including phenoxy) is 1. The fourth-order valence-corrected chi connectivity index (χ4v) is 4.45. The molecule has 5 rings (SSSR count). The summed E-state index contributed by atoms with van der Waals surface area (Å²) in [5.41, 5.74) is 2.65. The average molecular weight is 442 g/mol. The first-order chi connectivity index (χ1) is 15.8. The van der Waals surface area contributed by atoms with Crippen LogP contribution >= 0.6 is 0 Å². The predicted molar refractivity (Wildman–Crippen MR) is 122 cm³/mol. The number of hydrogen-bond acceptors (Lipinski definition) is 6. The summed E-state index contributed by atoms with van der Waals surface area (Å²) in [6.45, 7) is 3.78. The number of phenolic OH excluding ortho intramolecular Hbond substituents is 1. The van der Waals surface area contributed by atoms with Crippen LogP contribution < -0.4 is 9.64 Å². The largest absolute Gasteiger partial charge is 0.507 e. The third-order valence-electron chi connectivity index (χ3n) is 5.97. The fraction of sp³-hybridized carbons (Fsp3) is 0.192. The first-order valence-electron chi connectivity index (χ1n) is 10.7. The Bertz CT molecular complexity index is 1320. The summed E-state index contributed by atoms with van der Waals surface area (Å²) in [6.07, 6.45) is 2.27. The van der Waals surface area contributed by atoms with E-state index >= 15 is 0 Å². The van der Waals surface area contributed by atoms with Crippen LogP contribution in [0.15, 0.2) is 66.4 Å². The van der Waals surface area contributed by atoms with Gasteiger partial charge in [0.1, 0.15) is 29.4 Å². The lowest BCUT2D eigenvalue weighted by atomic mass is 9.96. The van der Waals surface area contributed by atoms with Crippen molar-refractivity contribution in [1.29, 1.82) is 0 Å². The number of aromatic hydroxyl groups is 1. The molecule has 33 heavy (non-hydrogen) atoms. The number of carbonyl (C=O) groups is 2. The standard InChI is InChI=1S/C26H22N2O5/c1-14-6-8-20(29)19(11-14)28-23(18-5-3-4-10-27-18)22(25(31)26(28)32)24(30)16-7-9-21-17(13-16)12-15(2)33-21/h3-11,13,15,23,29-30H,12H2,1-2H3/b24-22-. The molecule has 3 heterocycles. The maximum absolute atomic E-state index is 13.2. The number of aliphatic hydroxyl groups excluding tert-OH is 1. The maximum atomic E-state index is 13.2. The second-order valence-electron chi connectivity index (χ2n) is 8.37. The molecule has 0 saturated carbocycles. The number of benzene rings is 2. The van der Waals surface area contributed by atoms with E-state index in [2.05, 4.69) is 4.98 Å². The summed E-state index contributed by atoms with van der Waals surface area (Å²) in [7, 11) is 0. The van der Waals surface area contributed by atoms with Crippen LogP contribution in [0.1, 0.15) is 35.3 Å². The molecule has 2 aliphatic rings. The number of pyridine rings is 1. The van der Waals surface area contributed by atoms with Crippen molar-refractivity contribution in [1.82, 2.24) is 4.98 Å². The van der Waals surface area contributed by atoms with Gasteiger partial charge in [0, 0.05) is 18.2 Å². The number of Topliss-reactive ketones (excluding diaryl/α,β-unsaturated/α-hetero) is 1. The van der Waals surface area contributed by atoms with Crippen molar-refractivity contribution >= 4 is 23.1 Å². The number of fused-ring (bicyclic) bond motifs is 1. The van der Waals surface area contributed by atoms with Gasteiger partial charge in [-0.1, -0.05) is 12.1 Å². The first-order valence-corrected chi connectivity index (χ1v) is 10.7. The van der Waals surface area contributed by atoms with Crippen molar-refractivity contribution in [2.45, 2.75) is 32.4 Å². The van der Waals surface area contributed by atoms with E-state index in [0.29, 0.717) is 17.7 Å². The molecule has 0 bridgehead atoms. The Morgan fingerprint density at radius 1 is 1.12 bits per heavy atom. The van der Waals surface area contributed by atoms with Gasteiger partial charge in [-0.3, -0.25) is 19.5 Å². The Kier molecular flexibility index (Phi) is 4.89. The molecule has 2 unspecified atom stereocenters. The van der Waals surface area contributed by atoms with Crippen LogP contribution in [0.25, 0.3) is 5.76 Å². The van der Waals surface area contributed by atoms with Crippen LogP contribution in [-0.4, -0.2) is 33.0 Å². The van der Waals surface area contributed by atoms with Crippen molar-refractivity contribution in [2.75, 3.05) is 4.90 Å². The summed E-state index contributed by atoms with van der Waals surface area (Å²) in [6, 6.07) is 14.2. The van der Waals surface area contributed by atoms with E-state index in [1.807, 2.05) is 13.8 Å². The molecular weight excluding hydrogens is 420 g/mol. The summed E-state index contributed by atoms with van der Waals surface area (Å²) >= 11 is 0. The lowest BCUT2D eigenvalue weighted by molar-refractivity contribution is -0.132. The molecule has 2 aliphatic heterocycles. The highest BCUT2D eigenvalue weighted by molar-refractivity contribution is 6.51. The first kappa shape index (κ1) is 20.8. The number of hydrogen-bond donors (Lipinski definition) is 2. The number of amides is 1. The van der Waals surface area contributed by atoms with Crippen molar-refractivity contribution in [3.8, 4) is 11.5 Å². The lowest BCUT2D eigenvalue weighted by Gasteiger charge is -2.25. The van der Waals surface area contributed by atoms with Gasteiger partial charge in [-0.25, -0.2) is 0 Å². The van der Waals surface area contributed by atoms with Crippen molar-refractivity contribution in [2.24, 2.45) is 0 Å². The van der Waals surface area contributed by atoms with Crippen LogP contribution in [0.5, 0.6) is 11.5 Å². The van der Waals surface area contributed by atoms with Crippen molar-refractivity contribution in [3.05, 3.63) is 88.8 Å². The van der Waals surface area contributed by atoms with Gasteiger partial charge < -0.3 is 14.9 Å². The van der Waals surface area contributed by atoms with Gasteiger partial charge in [-0.15, -0.1) is 0 Å². The van der Waals surface area contributed by atoms with Crippen LogP contribution in [0.3, 0.4) is 0 Å². The van der Waals surface area contributed by atoms with Gasteiger partial charge in [0.25, 0.3) is 11.7 Å². The molecule has 2 N–H and O–H groups in total. The van der Waals surface area contributed by atoms with Crippen LogP contribution in [0, 0.1) is 6.92 Å². The number of carbonyl (C=O) groups excluding carboxylic acids is 2. The van der Waals surface area contributed by atoms with Crippen LogP contribution in [0.4, 0.5) is 5.69 Å². The zero-order chi connectivity index (χ0) is 23.3. The molecule has 1 aromatic heterocycles. The van der Waals surface area contributed by atoms with E-state index in [0.717, 1.165) is 16.9 Å². The number of aliphatic hydroxyl groups is 1. The number of aromatic nitrogens is 1. The minimum Gasteiger partial charge on any atom is -0.507 e. The second-order valence-corrected chi connectivity index (χ2v) is 8.37. The molecule has 2 atom stereocenters. The number of nitrogens with zero attached hydrogens (tertiary/aromatic N) is 2. The highest BCUT2D eigenvalue weighted by Crippen LogP contribution is 2.44. The van der Waals surface area contributed by atoms with E-state index in [1.165, 1.54) is 11.0 Å². The van der Waals surface area contributed by atoms with Crippen LogP contribution in [-0.2, 0) is 16.0 Å². The Balaban J connectivity index is 1.71. The molecule has 1 fully saturated rings. The molecule has 166 valence electrons. The molecule has 2 aromatic carbocycles. The molecule has 1 amide bonds. The van der Waals surface area contributed by atoms with Crippen LogP contribution in [0.2, 0.25) is 0 Å². The summed E-state index contributed by atoms with van der Waals surface area (Å²) in [5.74, 6) is -1.38. The lowest BCUT2D eigenvalue weighted by Crippen LogP contribution is -2.30. The number of ketones is 1. The van der Waals surface area contributed by atoms with Crippen molar-refractivity contribution in [3.63, 3.8) is 0 Å². The number of phenols is 1. The monoisotopic (exact) mass is 442 g/mol. The predicted octanol–water partition coefficient (Wildman–Crippen LogP) is 4.05. The summed E-state index contributed by atoms with van der Waals surface area (Å²) < 4.78 is 5.73. The smallest absolute Gasteiger partial charge is 0.300 e. The Labute approximate surface area is 190 Å². The number of rotatable bonds is 3. The highest BCUT2D eigenvalue weighted by atomic mass is 16.5. The second kappa shape index (κ2) is 7.78. The van der Waals surface area contributed by atoms with E-state index < -0.39 is 17.7 Å². The van der Waals surface area contributed by atoms with Crippen molar-refractivity contribution < 1.29 is 24.5 Å². The van der Waals surface area contributed by atoms with Gasteiger partial charge in [-0.2, -0.15) is 0 Å². The van der Waals surface area contributed by atoms with Gasteiger partial charge in [0.05, 0.1) is 17.0 Å². The SMILES string of the molecule is Cc1ccc(O)c(N2C(=O)C(=O)/C(=C(\O)c3ccc4c(c3)CC(C)O4)C2c2ccccn2)c1. The minimum absolute atomic E-state index is 0.0285. The molecule has 7 heteroatoms.